The number of nitrogens with zero attached hydrogens (tertiary/aromatic N) is 2. The van der Waals surface area contributed by atoms with Crippen LogP contribution < -0.4 is 15.4 Å². The van der Waals surface area contributed by atoms with Gasteiger partial charge in [-0.2, -0.15) is 0 Å². The van der Waals surface area contributed by atoms with Gasteiger partial charge in [-0.1, -0.05) is 69.2 Å². The van der Waals surface area contributed by atoms with Crippen LogP contribution in [0, 0.1) is 0 Å². The molecule has 0 aliphatic heterocycles. The molecule has 2 amide bonds. The second-order valence-corrected chi connectivity index (χ2v) is 12.2. The van der Waals surface area contributed by atoms with Crippen LogP contribution in [0.25, 0.3) is 22.2 Å². The Labute approximate surface area is 247 Å². The molecule has 1 aromatic heterocycles. The Hall–Kier alpha value is -4.18. The second kappa shape index (κ2) is 14.1. The number of rotatable bonds is 14. The molecule has 4 rings (SSSR count). The Morgan fingerprint density at radius 1 is 0.929 bits per heavy atom. The topological polar surface area (TPSA) is 122 Å². The molecule has 0 atom stereocenters. The van der Waals surface area contributed by atoms with E-state index in [1.807, 2.05) is 48.5 Å². The van der Waals surface area contributed by atoms with E-state index in [0.29, 0.717) is 18.7 Å². The van der Waals surface area contributed by atoms with Gasteiger partial charge >= 0.3 is 0 Å². The molecule has 1 heterocycles. The zero-order valence-corrected chi connectivity index (χ0v) is 25.3. The van der Waals surface area contributed by atoms with E-state index in [2.05, 4.69) is 33.8 Å². The highest BCUT2D eigenvalue weighted by Crippen LogP contribution is 2.26. The third-order valence-corrected chi connectivity index (χ3v) is 7.50. The molecule has 10 heteroatoms. The Balaban J connectivity index is 1.58. The quantitative estimate of drug-likeness (QED) is 0.176. The number of sulfonamides is 1. The predicted octanol–water partition coefficient (Wildman–Crippen LogP) is 5.11. The van der Waals surface area contributed by atoms with Gasteiger partial charge < -0.3 is 15.2 Å². The Bertz CT molecular complexity index is 1650. The van der Waals surface area contributed by atoms with E-state index in [4.69, 9.17) is 4.98 Å². The van der Waals surface area contributed by atoms with Crippen molar-refractivity contribution in [1.82, 2.24) is 19.6 Å². The van der Waals surface area contributed by atoms with Gasteiger partial charge in [0.2, 0.25) is 15.9 Å². The first-order valence-corrected chi connectivity index (χ1v) is 16.3. The fraction of sp³-hybridized carbons (Fsp3) is 0.344. The molecule has 0 bridgehead atoms. The summed E-state index contributed by atoms with van der Waals surface area (Å²) in [5.74, 6) is 0.315. The molecular formula is C32H39N5O4S. The van der Waals surface area contributed by atoms with Gasteiger partial charge in [-0.15, -0.1) is 0 Å². The zero-order chi connectivity index (χ0) is 30.1. The van der Waals surface area contributed by atoms with Crippen LogP contribution in [-0.4, -0.2) is 49.1 Å². The van der Waals surface area contributed by atoms with Crippen molar-refractivity contribution < 1.29 is 18.0 Å². The van der Waals surface area contributed by atoms with Gasteiger partial charge in [-0.05, 0) is 53.8 Å². The molecule has 222 valence electrons. The van der Waals surface area contributed by atoms with Gasteiger partial charge in [-0.3, -0.25) is 9.59 Å². The summed E-state index contributed by atoms with van der Waals surface area (Å²) in [5, 5.41) is 6.17. The van der Waals surface area contributed by atoms with Crippen molar-refractivity contribution in [1.29, 1.82) is 0 Å². The Kier molecular flexibility index (Phi) is 10.4. The number of carbonyl (C=O) groups excluding carboxylic acids is 2. The molecule has 42 heavy (non-hydrogen) atoms. The van der Waals surface area contributed by atoms with Crippen LogP contribution in [-0.2, 0) is 27.8 Å². The number of nitrogens with one attached hydrogen (secondary N) is 3. The van der Waals surface area contributed by atoms with Crippen molar-refractivity contribution in [2.45, 2.75) is 52.5 Å². The summed E-state index contributed by atoms with van der Waals surface area (Å²) in [6.45, 7) is 5.74. The second-order valence-electron chi connectivity index (χ2n) is 10.4. The fourth-order valence-corrected chi connectivity index (χ4v) is 5.21. The van der Waals surface area contributed by atoms with Gasteiger partial charge in [-0.25, -0.2) is 18.1 Å². The van der Waals surface area contributed by atoms with E-state index in [1.54, 1.807) is 18.2 Å². The molecule has 3 aromatic carbocycles. The maximum atomic E-state index is 12.6. The van der Waals surface area contributed by atoms with Crippen LogP contribution in [0.15, 0.2) is 66.7 Å². The molecule has 0 radical (unpaired) electrons. The summed E-state index contributed by atoms with van der Waals surface area (Å²) in [7, 11) is -3.68. The molecular weight excluding hydrogens is 550 g/mol. The average Bonchev–Trinajstić information content (AvgIpc) is 3.30. The molecule has 0 aliphatic carbocycles. The number of hydrogen-bond donors (Lipinski definition) is 3. The number of benzene rings is 3. The summed E-state index contributed by atoms with van der Waals surface area (Å²) in [6.07, 6.45) is 5.90. The maximum Gasteiger partial charge on any atom is 0.265 e. The lowest BCUT2D eigenvalue weighted by atomic mass is 9.98. The third-order valence-electron chi connectivity index (χ3n) is 6.94. The maximum absolute atomic E-state index is 12.6. The van der Waals surface area contributed by atoms with Gasteiger partial charge in [0.25, 0.3) is 5.91 Å². The van der Waals surface area contributed by atoms with E-state index in [0.717, 1.165) is 72.0 Å². The fourth-order valence-electron chi connectivity index (χ4n) is 4.76. The number of carbonyl (C=O) groups is 2. The number of unbranched alkanes of at least 4 members (excludes halogenated alkanes) is 2. The largest absolute Gasteiger partial charge is 0.376 e. The SMILES string of the molecule is CCCCNC(=O)CNc1ccc2nc(CCCC)n(Cc3ccc(-c4ccccc4C(=O)NS(C)(=O)=O)cc3)c2c1. The third kappa shape index (κ3) is 8.19. The van der Waals surface area contributed by atoms with Gasteiger partial charge in [0.15, 0.2) is 0 Å². The molecule has 0 spiro atoms. The van der Waals surface area contributed by atoms with Crippen molar-refractivity contribution in [2.24, 2.45) is 0 Å². The summed E-state index contributed by atoms with van der Waals surface area (Å²) >= 11 is 0. The minimum atomic E-state index is -3.68. The summed E-state index contributed by atoms with van der Waals surface area (Å²) in [4.78, 5) is 29.7. The first-order valence-electron chi connectivity index (χ1n) is 14.4. The van der Waals surface area contributed by atoms with E-state index >= 15 is 0 Å². The number of anilines is 1. The van der Waals surface area contributed by atoms with Crippen LogP contribution in [0.3, 0.4) is 0 Å². The van der Waals surface area contributed by atoms with Crippen LogP contribution in [0.4, 0.5) is 5.69 Å². The summed E-state index contributed by atoms with van der Waals surface area (Å²) < 4.78 is 27.5. The van der Waals surface area contributed by atoms with Crippen molar-refractivity contribution in [3.63, 3.8) is 0 Å². The highest BCUT2D eigenvalue weighted by Gasteiger charge is 2.17. The normalized spacial score (nSPS) is 11.4. The zero-order valence-electron chi connectivity index (χ0n) is 24.4. The lowest BCUT2D eigenvalue weighted by Gasteiger charge is -2.13. The molecule has 0 saturated heterocycles. The van der Waals surface area contributed by atoms with Crippen molar-refractivity contribution in [3.8, 4) is 11.1 Å². The number of aromatic nitrogens is 2. The minimum absolute atomic E-state index is 0.0313. The Morgan fingerprint density at radius 3 is 2.38 bits per heavy atom. The van der Waals surface area contributed by atoms with Crippen LogP contribution >= 0.6 is 0 Å². The lowest BCUT2D eigenvalue weighted by molar-refractivity contribution is -0.119. The number of hydrogen-bond acceptors (Lipinski definition) is 6. The molecule has 0 unspecified atom stereocenters. The molecule has 0 fully saturated rings. The smallest absolute Gasteiger partial charge is 0.265 e. The van der Waals surface area contributed by atoms with E-state index < -0.39 is 15.9 Å². The van der Waals surface area contributed by atoms with E-state index in [-0.39, 0.29) is 18.0 Å². The first-order chi connectivity index (χ1) is 20.2. The highest BCUT2D eigenvalue weighted by molar-refractivity contribution is 7.89. The Morgan fingerprint density at radius 2 is 1.67 bits per heavy atom. The molecule has 3 N–H and O–H groups in total. The van der Waals surface area contributed by atoms with E-state index in [1.165, 1.54) is 0 Å². The van der Waals surface area contributed by atoms with Gasteiger partial charge in [0.1, 0.15) is 5.82 Å². The first kappa shape index (κ1) is 30.8. The number of amides is 2. The number of imidazole rings is 1. The van der Waals surface area contributed by atoms with Crippen molar-refractivity contribution in [2.75, 3.05) is 24.7 Å². The molecule has 0 aliphatic rings. The molecule has 0 saturated carbocycles. The van der Waals surface area contributed by atoms with Gasteiger partial charge in [0, 0.05) is 30.8 Å². The summed E-state index contributed by atoms with van der Waals surface area (Å²) in [5.41, 5.74) is 5.56. The monoisotopic (exact) mass is 589 g/mol. The van der Waals surface area contributed by atoms with E-state index in [9.17, 15) is 18.0 Å². The highest BCUT2D eigenvalue weighted by atomic mass is 32.2. The van der Waals surface area contributed by atoms with Crippen molar-refractivity contribution in [3.05, 3.63) is 83.7 Å². The van der Waals surface area contributed by atoms with Crippen LogP contribution in [0.2, 0.25) is 0 Å². The van der Waals surface area contributed by atoms with Crippen LogP contribution in [0.1, 0.15) is 61.3 Å². The number of aryl methyl sites for hydroxylation is 1. The van der Waals surface area contributed by atoms with Crippen molar-refractivity contribution >= 4 is 38.6 Å². The minimum Gasteiger partial charge on any atom is -0.376 e. The number of fused-ring (bicyclic) bond motifs is 1. The lowest BCUT2D eigenvalue weighted by Crippen LogP contribution is -2.30. The standard InChI is InChI=1S/C32H39N5O4S/c1-4-6-12-30-35-28-18-17-25(34-21-31(38)33-19-7-5-2)20-29(28)37(30)22-23-13-15-24(16-14-23)26-10-8-9-11-27(26)32(39)36-42(3,40)41/h8-11,13-18,20,34H,4-7,12,19,21-22H2,1-3H3,(H,33,38)(H,36,39). The average molecular weight is 590 g/mol. The summed E-state index contributed by atoms with van der Waals surface area (Å²) in [6, 6.07) is 20.8. The van der Waals surface area contributed by atoms with Gasteiger partial charge in [0.05, 0.1) is 23.8 Å². The molecule has 4 aromatic rings. The molecule has 9 nitrogen and oxygen atoms in total. The van der Waals surface area contributed by atoms with Crippen LogP contribution in [0.5, 0.6) is 0 Å². The predicted molar refractivity (Wildman–Crippen MR) is 168 cm³/mol.